The van der Waals surface area contributed by atoms with Crippen LogP contribution in [0.2, 0.25) is 0 Å². The van der Waals surface area contributed by atoms with E-state index < -0.39 is 5.60 Å². The predicted octanol–water partition coefficient (Wildman–Crippen LogP) is 6.20. The third-order valence-electron chi connectivity index (χ3n) is 9.63. The van der Waals surface area contributed by atoms with Gasteiger partial charge in [0.05, 0.1) is 16.6 Å². The Morgan fingerprint density at radius 2 is 1.80 bits per heavy atom. The molecule has 0 amide bonds. The summed E-state index contributed by atoms with van der Waals surface area (Å²) in [7, 11) is 0. The summed E-state index contributed by atoms with van der Waals surface area (Å²) in [5.74, 6) is 2.23. The van der Waals surface area contributed by atoms with Gasteiger partial charge in [-0.25, -0.2) is 4.98 Å². The first-order chi connectivity index (χ1) is 14.3. The fraction of sp³-hybridized carbons (Fsp3) is 0.593. The summed E-state index contributed by atoms with van der Waals surface area (Å²) in [6, 6.07) is 8.52. The van der Waals surface area contributed by atoms with E-state index in [0.717, 1.165) is 36.6 Å². The van der Waals surface area contributed by atoms with Crippen LogP contribution >= 0.6 is 0 Å². The van der Waals surface area contributed by atoms with E-state index in [9.17, 15) is 5.11 Å². The third-order valence-corrected chi connectivity index (χ3v) is 9.63. The van der Waals surface area contributed by atoms with Gasteiger partial charge in [-0.15, -0.1) is 0 Å². The number of rotatable bonds is 1. The lowest BCUT2D eigenvalue weighted by atomic mass is 9.47. The maximum Gasteiger partial charge on any atom is 0.100 e. The van der Waals surface area contributed by atoms with Crippen molar-refractivity contribution < 1.29 is 5.11 Å². The SMILES string of the molecule is C[C@]1(O)CC[C@@]2(C)C(=CCC3C2CC[C@]2(C)C(n4cnc5ccccc54)=CCC32)C1. The van der Waals surface area contributed by atoms with E-state index >= 15 is 0 Å². The van der Waals surface area contributed by atoms with Crippen molar-refractivity contribution in [2.45, 2.75) is 71.3 Å². The number of imidazole rings is 1. The van der Waals surface area contributed by atoms with Crippen molar-refractivity contribution in [1.82, 2.24) is 9.55 Å². The Morgan fingerprint density at radius 3 is 2.67 bits per heavy atom. The number of aromatic nitrogens is 2. The maximum atomic E-state index is 10.7. The van der Waals surface area contributed by atoms with Crippen LogP contribution in [-0.4, -0.2) is 20.3 Å². The Morgan fingerprint density at radius 1 is 0.967 bits per heavy atom. The van der Waals surface area contributed by atoms with Crippen molar-refractivity contribution in [2.24, 2.45) is 28.6 Å². The first-order valence-corrected chi connectivity index (χ1v) is 11.9. The van der Waals surface area contributed by atoms with Gasteiger partial charge >= 0.3 is 0 Å². The summed E-state index contributed by atoms with van der Waals surface area (Å²) < 4.78 is 2.37. The molecule has 6 rings (SSSR count). The van der Waals surface area contributed by atoms with E-state index in [1.165, 1.54) is 36.9 Å². The van der Waals surface area contributed by atoms with Crippen molar-refractivity contribution in [3.05, 3.63) is 48.3 Å². The van der Waals surface area contributed by atoms with Crippen LogP contribution in [0, 0.1) is 28.6 Å². The monoisotopic (exact) mass is 402 g/mol. The zero-order valence-electron chi connectivity index (χ0n) is 18.6. The molecular formula is C27H34N2O. The molecule has 3 unspecified atom stereocenters. The number of nitrogens with zero attached hydrogens (tertiary/aromatic N) is 2. The lowest BCUT2D eigenvalue weighted by molar-refractivity contribution is -0.0492. The zero-order chi connectivity index (χ0) is 20.7. The van der Waals surface area contributed by atoms with Gasteiger partial charge in [-0.2, -0.15) is 0 Å². The summed E-state index contributed by atoms with van der Waals surface area (Å²) >= 11 is 0. The fourth-order valence-corrected chi connectivity index (χ4v) is 7.87. The minimum Gasteiger partial charge on any atom is -0.390 e. The highest BCUT2D eigenvalue weighted by atomic mass is 16.3. The molecule has 2 fully saturated rings. The van der Waals surface area contributed by atoms with Crippen molar-refractivity contribution >= 4 is 16.7 Å². The molecular weight excluding hydrogens is 368 g/mol. The molecule has 1 heterocycles. The predicted molar refractivity (Wildman–Crippen MR) is 122 cm³/mol. The number of allylic oxidation sites excluding steroid dienone is 3. The van der Waals surface area contributed by atoms with Gasteiger partial charge in [0.25, 0.3) is 0 Å². The number of aliphatic hydroxyl groups is 1. The Bertz CT molecular complexity index is 1080. The second-order valence-corrected chi connectivity index (χ2v) is 11.3. The van der Waals surface area contributed by atoms with Crippen molar-refractivity contribution in [3.63, 3.8) is 0 Å². The van der Waals surface area contributed by atoms with Crippen molar-refractivity contribution in [2.75, 3.05) is 0 Å². The van der Waals surface area contributed by atoms with Gasteiger partial charge in [-0.05, 0) is 87.2 Å². The maximum absolute atomic E-state index is 10.7. The van der Waals surface area contributed by atoms with E-state index in [1.807, 2.05) is 13.3 Å². The Balaban J connectivity index is 1.35. The molecule has 0 saturated heterocycles. The molecule has 4 aliphatic rings. The fourth-order valence-electron chi connectivity index (χ4n) is 7.87. The number of para-hydroxylation sites is 2. The minimum absolute atomic E-state index is 0.229. The number of hydrogen-bond acceptors (Lipinski definition) is 2. The van der Waals surface area contributed by atoms with Crippen LogP contribution in [-0.2, 0) is 0 Å². The lowest BCUT2D eigenvalue weighted by Gasteiger charge is -2.58. The van der Waals surface area contributed by atoms with Gasteiger partial charge in [0.1, 0.15) is 6.33 Å². The molecule has 1 aromatic heterocycles. The quantitative estimate of drug-likeness (QED) is 0.577. The Kier molecular flexibility index (Phi) is 3.83. The molecule has 4 aliphatic carbocycles. The third kappa shape index (κ3) is 2.45. The highest BCUT2D eigenvalue weighted by molar-refractivity contribution is 5.80. The number of hydrogen-bond donors (Lipinski definition) is 1. The van der Waals surface area contributed by atoms with Crippen LogP contribution < -0.4 is 0 Å². The summed E-state index contributed by atoms with van der Waals surface area (Å²) in [4.78, 5) is 4.68. The molecule has 0 bridgehead atoms. The normalized spacial score (nSPS) is 42.9. The molecule has 1 aromatic carbocycles. The highest BCUT2D eigenvalue weighted by Gasteiger charge is 2.57. The second kappa shape index (κ2) is 6.09. The minimum atomic E-state index is -0.508. The van der Waals surface area contributed by atoms with Crippen LogP contribution in [0.4, 0.5) is 0 Å². The Labute approximate surface area is 179 Å². The topological polar surface area (TPSA) is 38.0 Å². The Hall–Kier alpha value is -1.87. The van der Waals surface area contributed by atoms with Crippen LogP contribution in [0.15, 0.2) is 48.3 Å². The van der Waals surface area contributed by atoms with Crippen molar-refractivity contribution in [3.8, 4) is 0 Å². The molecule has 30 heavy (non-hydrogen) atoms. The largest absolute Gasteiger partial charge is 0.390 e. The molecule has 0 radical (unpaired) electrons. The van der Waals surface area contributed by atoms with Crippen LogP contribution in [0.5, 0.6) is 0 Å². The van der Waals surface area contributed by atoms with Crippen LogP contribution in [0.1, 0.15) is 65.7 Å². The average molecular weight is 403 g/mol. The average Bonchev–Trinajstić information content (AvgIpc) is 3.29. The smallest absolute Gasteiger partial charge is 0.100 e. The molecule has 2 aromatic rings. The summed E-state index contributed by atoms with van der Waals surface area (Å²) in [5, 5.41) is 10.7. The molecule has 1 N–H and O–H groups in total. The van der Waals surface area contributed by atoms with E-state index in [2.05, 4.69) is 59.8 Å². The zero-order valence-corrected chi connectivity index (χ0v) is 18.6. The molecule has 2 saturated carbocycles. The van der Waals surface area contributed by atoms with Gasteiger partial charge in [-0.3, -0.25) is 0 Å². The molecule has 6 atom stereocenters. The molecule has 3 heteroatoms. The first-order valence-electron chi connectivity index (χ1n) is 11.9. The number of benzene rings is 1. The second-order valence-electron chi connectivity index (χ2n) is 11.3. The summed E-state index contributed by atoms with van der Waals surface area (Å²) in [5.41, 5.74) is 5.36. The molecule has 158 valence electrons. The highest BCUT2D eigenvalue weighted by Crippen LogP contribution is 2.66. The van der Waals surface area contributed by atoms with E-state index in [1.54, 1.807) is 5.57 Å². The van der Waals surface area contributed by atoms with Crippen LogP contribution in [0.25, 0.3) is 16.7 Å². The van der Waals surface area contributed by atoms with Gasteiger partial charge in [0, 0.05) is 11.1 Å². The summed E-state index contributed by atoms with van der Waals surface area (Å²) in [6.07, 6.45) is 15.0. The van der Waals surface area contributed by atoms with E-state index in [-0.39, 0.29) is 10.8 Å². The van der Waals surface area contributed by atoms with Gasteiger partial charge in [0.15, 0.2) is 0 Å². The lowest BCUT2D eigenvalue weighted by Crippen LogP contribution is -2.51. The van der Waals surface area contributed by atoms with Gasteiger partial charge in [-0.1, -0.05) is 43.7 Å². The molecule has 3 nitrogen and oxygen atoms in total. The van der Waals surface area contributed by atoms with Crippen molar-refractivity contribution in [1.29, 1.82) is 0 Å². The molecule has 0 aliphatic heterocycles. The van der Waals surface area contributed by atoms with Gasteiger partial charge < -0.3 is 9.67 Å². The number of fused-ring (bicyclic) bond motifs is 6. The van der Waals surface area contributed by atoms with Gasteiger partial charge in [0.2, 0.25) is 0 Å². The summed E-state index contributed by atoms with van der Waals surface area (Å²) in [6.45, 7) is 7.06. The first kappa shape index (κ1) is 18.9. The van der Waals surface area contributed by atoms with E-state index in [4.69, 9.17) is 0 Å². The molecule has 0 spiro atoms. The van der Waals surface area contributed by atoms with E-state index in [0.29, 0.717) is 5.92 Å². The van der Waals surface area contributed by atoms with Crippen LogP contribution in [0.3, 0.4) is 0 Å². The standard InChI is InChI=1S/C27H34N2O/c1-25(30)14-15-26(2)18(16-25)8-9-19-20-10-11-24(27(20,3)13-12-21(19)26)29-17-28-22-6-4-5-7-23(22)29/h4-8,11,17,19-21,30H,9-10,12-16H2,1-3H3/t19?,20?,21?,25-,26-,27-/m0/s1.